The zero-order chi connectivity index (χ0) is 14.1. The molecule has 0 radical (unpaired) electrons. The molecule has 0 amide bonds. The van der Waals surface area contributed by atoms with Gasteiger partial charge in [0.15, 0.2) is 0 Å². The molecule has 0 fully saturated rings. The summed E-state index contributed by atoms with van der Waals surface area (Å²) in [5.74, 6) is -0.304. The molecular formula is C15H20N2O2. The molecule has 0 bridgehead atoms. The minimum atomic E-state index is -0.725. The number of nitrogens with zero attached hydrogens (tertiary/aromatic N) is 1. The van der Waals surface area contributed by atoms with Gasteiger partial charge in [-0.2, -0.15) is 5.26 Å². The third-order valence-electron chi connectivity index (χ3n) is 3.08. The maximum Gasteiger partial charge on any atom is 0.303 e. The van der Waals surface area contributed by atoms with Gasteiger partial charge in [0.2, 0.25) is 0 Å². The van der Waals surface area contributed by atoms with Crippen LogP contribution < -0.4 is 5.32 Å². The van der Waals surface area contributed by atoms with E-state index in [9.17, 15) is 4.79 Å². The molecule has 0 aromatic heterocycles. The number of nitrogens with one attached hydrogen (secondary N) is 1. The van der Waals surface area contributed by atoms with Crippen LogP contribution in [-0.4, -0.2) is 17.6 Å². The number of nitriles is 1. The second-order valence-corrected chi connectivity index (χ2v) is 4.81. The predicted molar refractivity (Wildman–Crippen MR) is 73.5 cm³/mol. The van der Waals surface area contributed by atoms with Gasteiger partial charge < -0.3 is 10.4 Å². The maximum absolute atomic E-state index is 10.4. The summed E-state index contributed by atoms with van der Waals surface area (Å²) in [4.78, 5) is 10.4. The van der Waals surface area contributed by atoms with Gasteiger partial charge in [0, 0.05) is 13.0 Å². The van der Waals surface area contributed by atoms with Gasteiger partial charge in [-0.1, -0.05) is 19.1 Å². The summed E-state index contributed by atoms with van der Waals surface area (Å²) < 4.78 is 0. The number of hydrogen-bond acceptors (Lipinski definition) is 3. The second kappa shape index (κ2) is 8.28. The molecule has 4 nitrogen and oxygen atoms in total. The predicted octanol–water partition coefficient (Wildman–Crippen LogP) is 2.54. The SMILES string of the molecule is CC(CCNCc1ccc(C#N)cc1)CCC(=O)O. The topological polar surface area (TPSA) is 73.1 Å². The van der Waals surface area contributed by atoms with E-state index in [1.54, 1.807) is 0 Å². The number of carbonyl (C=O) groups is 1. The van der Waals surface area contributed by atoms with Crippen LogP contribution in [0.4, 0.5) is 0 Å². The molecule has 19 heavy (non-hydrogen) atoms. The fourth-order valence-electron chi connectivity index (χ4n) is 1.79. The van der Waals surface area contributed by atoms with E-state index >= 15 is 0 Å². The Kier molecular flexibility index (Phi) is 6.62. The van der Waals surface area contributed by atoms with Crippen LogP contribution in [0.15, 0.2) is 24.3 Å². The first kappa shape index (κ1) is 15.2. The lowest BCUT2D eigenvalue weighted by Gasteiger charge is -2.10. The van der Waals surface area contributed by atoms with Gasteiger partial charge in [0.05, 0.1) is 11.6 Å². The highest BCUT2D eigenvalue weighted by atomic mass is 16.4. The van der Waals surface area contributed by atoms with E-state index in [1.165, 1.54) is 0 Å². The molecule has 0 saturated carbocycles. The molecule has 4 heteroatoms. The first-order valence-corrected chi connectivity index (χ1v) is 6.53. The molecule has 1 unspecified atom stereocenters. The minimum Gasteiger partial charge on any atom is -0.481 e. The number of hydrogen-bond donors (Lipinski definition) is 2. The highest BCUT2D eigenvalue weighted by Crippen LogP contribution is 2.09. The number of carboxylic acids is 1. The van der Waals surface area contributed by atoms with Gasteiger partial charge in [0.1, 0.15) is 0 Å². The first-order valence-electron chi connectivity index (χ1n) is 6.53. The Morgan fingerprint density at radius 2 is 2.05 bits per heavy atom. The Hall–Kier alpha value is -1.86. The molecule has 102 valence electrons. The summed E-state index contributed by atoms with van der Waals surface area (Å²) >= 11 is 0. The second-order valence-electron chi connectivity index (χ2n) is 4.81. The summed E-state index contributed by atoms with van der Waals surface area (Å²) in [5.41, 5.74) is 1.82. The Balaban J connectivity index is 2.16. The minimum absolute atomic E-state index is 0.247. The molecule has 0 aliphatic heterocycles. The fraction of sp³-hybridized carbons (Fsp3) is 0.467. The zero-order valence-electron chi connectivity index (χ0n) is 11.2. The van der Waals surface area contributed by atoms with Gasteiger partial charge in [-0.05, 0) is 43.0 Å². The van der Waals surface area contributed by atoms with Crippen LogP contribution in [0.5, 0.6) is 0 Å². The number of aliphatic carboxylic acids is 1. The molecule has 1 rings (SSSR count). The third kappa shape index (κ3) is 6.58. The standard InChI is InChI=1S/C15H20N2O2/c1-12(2-7-15(18)19)8-9-17-11-14-5-3-13(10-16)4-6-14/h3-6,12,17H,2,7-9,11H2,1H3,(H,18,19). The molecule has 0 heterocycles. The Bertz CT molecular complexity index is 434. The van der Waals surface area contributed by atoms with Crippen molar-refractivity contribution in [2.75, 3.05) is 6.54 Å². The number of carboxylic acid groups (broad SMARTS) is 1. The lowest BCUT2D eigenvalue weighted by atomic mass is 10.0. The van der Waals surface area contributed by atoms with Crippen molar-refractivity contribution in [1.29, 1.82) is 5.26 Å². The molecular weight excluding hydrogens is 240 g/mol. The van der Waals surface area contributed by atoms with Crippen LogP contribution in [0.1, 0.15) is 37.3 Å². The first-order chi connectivity index (χ1) is 9.11. The summed E-state index contributed by atoms with van der Waals surface area (Å²) in [6, 6.07) is 9.60. The van der Waals surface area contributed by atoms with Crippen molar-refractivity contribution in [2.45, 2.75) is 32.7 Å². The van der Waals surface area contributed by atoms with Crippen LogP contribution in [0.25, 0.3) is 0 Å². The van der Waals surface area contributed by atoms with Gasteiger partial charge in [-0.25, -0.2) is 0 Å². The zero-order valence-corrected chi connectivity index (χ0v) is 11.2. The Labute approximate surface area is 114 Å². The molecule has 1 atom stereocenters. The van der Waals surface area contributed by atoms with Crippen molar-refractivity contribution in [3.63, 3.8) is 0 Å². The summed E-state index contributed by atoms with van der Waals surface area (Å²) in [7, 11) is 0. The lowest BCUT2D eigenvalue weighted by molar-refractivity contribution is -0.137. The average Bonchev–Trinajstić information content (AvgIpc) is 2.42. The van der Waals surface area contributed by atoms with Gasteiger partial charge >= 0.3 is 5.97 Å². The molecule has 1 aromatic carbocycles. The Morgan fingerprint density at radius 1 is 1.37 bits per heavy atom. The van der Waals surface area contributed by atoms with Crippen LogP contribution in [0, 0.1) is 17.2 Å². The van der Waals surface area contributed by atoms with E-state index in [0.29, 0.717) is 11.5 Å². The van der Waals surface area contributed by atoms with E-state index < -0.39 is 5.97 Å². The largest absolute Gasteiger partial charge is 0.481 e. The third-order valence-corrected chi connectivity index (χ3v) is 3.08. The van der Waals surface area contributed by atoms with E-state index in [-0.39, 0.29) is 6.42 Å². The quantitative estimate of drug-likeness (QED) is 0.704. The van der Waals surface area contributed by atoms with Crippen molar-refractivity contribution >= 4 is 5.97 Å². The molecule has 0 aliphatic rings. The smallest absolute Gasteiger partial charge is 0.303 e. The van der Waals surface area contributed by atoms with Crippen molar-refractivity contribution in [1.82, 2.24) is 5.32 Å². The van der Waals surface area contributed by atoms with E-state index in [0.717, 1.165) is 31.5 Å². The van der Waals surface area contributed by atoms with E-state index in [4.69, 9.17) is 10.4 Å². The van der Waals surface area contributed by atoms with Crippen LogP contribution in [0.2, 0.25) is 0 Å². The Morgan fingerprint density at radius 3 is 2.63 bits per heavy atom. The molecule has 0 saturated heterocycles. The maximum atomic E-state index is 10.4. The average molecular weight is 260 g/mol. The summed E-state index contributed by atoms with van der Waals surface area (Å²) in [6.07, 6.45) is 1.95. The van der Waals surface area contributed by atoms with Crippen molar-refractivity contribution in [3.05, 3.63) is 35.4 Å². The van der Waals surface area contributed by atoms with Gasteiger partial charge in [-0.3, -0.25) is 4.79 Å². The monoisotopic (exact) mass is 260 g/mol. The number of benzene rings is 1. The van der Waals surface area contributed by atoms with Gasteiger partial charge in [0.25, 0.3) is 0 Å². The highest BCUT2D eigenvalue weighted by Gasteiger charge is 2.05. The molecule has 2 N–H and O–H groups in total. The van der Waals surface area contributed by atoms with Crippen LogP contribution >= 0.6 is 0 Å². The molecule has 0 aliphatic carbocycles. The lowest BCUT2D eigenvalue weighted by Crippen LogP contribution is -2.17. The van der Waals surface area contributed by atoms with Gasteiger partial charge in [-0.15, -0.1) is 0 Å². The fourth-order valence-corrected chi connectivity index (χ4v) is 1.79. The molecule has 0 spiro atoms. The van der Waals surface area contributed by atoms with Crippen LogP contribution in [-0.2, 0) is 11.3 Å². The normalized spacial score (nSPS) is 11.8. The summed E-state index contributed by atoms with van der Waals surface area (Å²) in [5, 5.41) is 20.6. The van der Waals surface area contributed by atoms with Crippen molar-refractivity contribution < 1.29 is 9.90 Å². The highest BCUT2D eigenvalue weighted by molar-refractivity contribution is 5.66. The van der Waals surface area contributed by atoms with E-state index in [2.05, 4.69) is 18.3 Å². The van der Waals surface area contributed by atoms with E-state index in [1.807, 2.05) is 24.3 Å². The molecule has 1 aromatic rings. The number of rotatable bonds is 8. The van der Waals surface area contributed by atoms with Crippen molar-refractivity contribution in [3.8, 4) is 6.07 Å². The van der Waals surface area contributed by atoms with Crippen LogP contribution in [0.3, 0.4) is 0 Å². The summed E-state index contributed by atoms with van der Waals surface area (Å²) in [6.45, 7) is 3.73. The van der Waals surface area contributed by atoms with Crippen molar-refractivity contribution in [2.24, 2.45) is 5.92 Å².